The number of methoxy groups -OCH3 is 1. The molecule has 1 aromatic carbocycles. The molecule has 0 unspecified atom stereocenters. The molecule has 9 nitrogen and oxygen atoms in total. The molecule has 0 aliphatic carbocycles. The highest BCUT2D eigenvalue weighted by Crippen LogP contribution is 2.23. The van der Waals surface area contributed by atoms with Crippen LogP contribution in [0.4, 0.5) is 11.4 Å². The summed E-state index contributed by atoms with van der Waals surface area (Å²) >= 11 is 0. The van der Waals surface area contributed by atoms with Crippen LogP contribution in [0.3, 0.4) is 0 Å². The largest absolute Gasteiger partial charge is 0.454 e. The first-order valence-corrected chi connectivity index (χ1v) is 9.29. The molecule has 0 radical (unpaired) electrons. The Morgan fingerprint density at radius 3 is 2.63 bits per heavy atom. The van der Waals surface area contributed by atoms with Crippen LogP contribution in [0.2, 0.25) is 0 Å². The van der Waals surface area contributed by atoms with Gasteiger partial charge in [0.1, 0.15) is 0 Å². The van der Waals surface area contributed by atoms with Gasteiger partial charge in [0.15, 0.2) is 6.61 Å². The zero-order valence-electron chi connectivity index (χ0n) is 17.3. The van der Waals surface area contributed by atoms with E-state index in [1.54, 1.807) is 12.1 Å². The van der Waals surface area contributed by atoms with Crippen LogP contribution in [0.25, 0.3) is 0 Å². The third-order valence-electron chi connectivity index (χ3n) is 4.58. The third kappa shape index (κ3) is 5.32. The maximum absolute atomic E-state index is 12.6. The molecule has 2 aromatic rings. The van der Waals surface area contributed by atoms with Crippen LogP contribution in [-0.4, -0.2) is 48.1 Å². The number of Topliss-reactive ketones (excluding diaryl/α,β-unsaturated/α-hetero) is 1. The maximum atomic E-state index is 12.6. The summed E-state index contributed by atoms with van der Waals surface area (Å²) in [6, 6.07) is 5.57. The highest BCUT2D eigenvalue weighted by Gasteiger charge is 2.21. The van der Waals surface area contributed by atoms with Crippen molar-refractivity contribution in [3.8, 4) is 0 Å². The number of benzene rings is 1. The number of allylic oxidation sites excluding steroid dienone is 1. The van der Waals surface area contributed by atoms with Crippen LogP contribution in [0.1, 0.15) is 32.1 Å². The van der Waals surface area contributed by atoms with Gasteiger partial charge < -0.3 is 19.4 Å². The number of hydrogen-bond acceptors (Lipinski definition) is 7. The molecule has 0 atom stereocenters. The summed E-state index contributed by atoms with van der Waals surface area (Å²) in [5.41, 5.74) is 2.19. The van der Waals surface area contributed by atoms with Crippen molar-refractivity contribution in [1.29, 1.82) is 0 Å². The molecule has 0 spiro atoms. The summed E-state index contributed by atoms with van der Waals surface area (Å²) in [6.07, 6.45) is 1.73. The van der Waals surface area contributed by atoms with E-state index < -0.39 is 17.5 Å². The lowest BCUT2D eigenvalue weighted by Gasteiger charge is -2.11. The number of rotatable bonds is 11. The van der Waals surface area contributed by atoms with Gasteiger partial charge in [-0.3, -0.25) is 14.9 Å². The van der Waals surface area contributed by atoms with Crippen LogP contribution in [0.5, 0.6) is 0 Å². The quantitative estimate of drug-likeness (QED) is 0.150. The topological polar surface area (TPSA) is 113 Å². The van der Waals surface area contributed by atoms with Gasteiger partial charge in [0.25, 0.3) is 5.69 Å². The number of nitrogens with one attached hydrogen (secondary N) is 1. The number of nitro benzene ring substituents is 1. The van der Waals surface area contributed by atoms with Crippen molar-refractivity contribution >= 4 is 23.1 Å². The average Bonchev–Trinajstić information content (AvgIpc) is 3.00. The number of nitrogens with zero attached hydrogens (tertiary/aromatic N) is 2. The Labute approximate surface area is 174 Å². The van der Waals surface area contributed by atoms with E-state index in [1.165, 1.54) is 19.2 Å². The van der Waals surface area contributed by atoms with Gasteiger partial charge in [0.05, 0.1) is 17.1 Å². The summed E-state index contributed by atoms with van der Waals surface area (Å²) in [7, 11) is 1.53. The van der Waals surface area contributed by atoms with Crippen molar-refractivity contribution in [2.24, 2.45) is 0 Å². The summed E-state index contributed by atoms with van der Waals surface area (Å²) in [5, 5.41) is 14.0. The zero-order valence-corrected chi connectivity index (χ0v) is 17.3. The first-order chi connectivity index (χ1) is 14.3. The molecule has 160 valence electrons. The minimum absolute atomic E-state index is 0.0229. The molecule has 0 bridgehead atoms. The maximum Gasteiger partial charge on any atom is 0.340 e. The molecule has 0 fully saturated rings. The van der Waals surface area contributed by atoms with Crippen LogP contribution < -0.4 is 5.32 Å². The average molecular weight is 415 g/mol. The first kappa shape index (κ1) is 22.8. The molecule has 2 rings (SSSR count). The second-order valence-corrected chi connectivity index (χ2v) is 6.59. The number of carbonyl (C=O) groups excluding carboxylic acids is 2. The van der Waals surface area contributed by atoms with E-state index in [-0.39, 0.29) is 17.0 Å². The van der Waals surface area contributed by atoms with Crippen molar-refractivity contribution in [2.75, 3.05) is 32.2 Å². The molecule has 1 aromatic heterocycles. The molecule has 30 heavy (non-hydrogen) atoms. The monoisotopic (exact) mass is 415 g/mol. The first-order valence-electron chi connectivity index (χ1n) is 9.29. The van der Waals surface area contributed by atoms with Crippen molar-refractivity contribution in [3.05, 3.63) is 69.5 Å². The zero-order chi connectivity index (χ0) is 22.3. The Morgan fingerprint density at radius 2 is 2.00 bits per heavy atom. The van der Waals surface area contributed by atoms with Crippen molar-refractivity contribution in [1.82, 2.24) is 4.57 Å². The number of ketones is 1. The van der Waals surface area contributed by atoms with Crippen LogP contribution in [0.15, 0.2) is 36.9 Å². The van der Waals surface area contributed by atoms with E-state index in [2.05, 4.69) is 11.9 Å². The highest BCUT2D eigenvalue weighted by molar-refractivity contribution is 6.02. The van der Waals surface area contributed by atoms with Gasteiger partial charge >= 0.3 is 5.97 Å². The van der Waals surface area contributed by atoms with Gasteiger partial charge in [-0.25, -0.2) is 4.79 Å². The summed E-state index contributed by atoms with van der Waals surface area (Å²) < 4.78 is 12.1. The second-order valence-electron chi connectivity index (χ2n) is 6.59. The number of nitro groups is 1. The Kier molecular flexibility index (Phi) is 7.88. The fourth-order valence-corrected chi connectivity index (χ4v) is 3.04. The summed E-state index contributed by atoms with van der Waals surface area (Å²) in [6.45, 7) is 8.25. The standard InChI is InChI=1S/C21H25N3O6/c1-5-9-23-14(2)11-17(15(23)3)20(25)13-30-21(26)18-12-16(24(27)28)6-7-19(18)22-8-10-29-4/h5-7,11-12,22H,1,8-10,13H2,2-4H3. The lowest BCUT2D eigenvalue weighted by atomic mass is 10.1. The molecule has 1 heterocycles. The lowest BCUT2D eigenvalue weighted by Crippen LogP contribution is -2.17. The normalized spacial score (nSPS) is 10.5. The number of anilines is 1. The minimum atomic E-state index is -0.827. The Bertz CT molecular complexity index is 964. The van der Waals surface area contributed by atoms with Crippen LogP contribution in [-0.2, 0) is 16.0 Å². The van der Waals surface area contributed by atoms with Crippen LogP contribution in [0, 0.1) is 24.0 Å². The van der Waals surface area contributed by atoms with Crippen molar-refractivity contribution in [2.45, 2.75) is 20.4 Å². The number of aryl methyl sites for hydroxylation is 1. The Hall–Kier alpha value is -3.46. The van der Waals surface area contributed by atoms with Gasteiger partial charge in [-0.15, -0.1) is 6.58 Å². The molecule has 0 amide bonds. The summed E-state index contributed by atoms with van der Waals surface area (Å²) in [4.78, 5) is 35.6. The van der Waals surface area contributed by atoms with Gasteiger partial charge in [-0.1, -0.05) is 6.08 Å². The molecular formula is C21H25N3O6. The minimum Gasteiger partial charge on any atom is -0.454 e. The van der Waals surface area contributed by atoms with Gasteiger partial charge in [0, 0.05) is 55.0 Å². The number of carbonyl (C=O) groups is 2. The molecule has 9 heteroatoms. The molecular weight excluding hydrogens is 390 g/mol. The molecule has 0 aliphatic rings. The number of ether oxygens (including phenoxy) is 2. The predicted octanol–water partition coefficient (Wildman–Crippen LogP) is 3.30. The molecule has 1 N–H and O–H groups in total. The van der Waals surface area contributed by atoms with E-state index in [1.807, 2.05) is 18.4 Å². The third-order valence-corrected chi connectivity index (χ3v) is 4.58. The number of non-ortho nitro benzene ring substituents is 1. The van der Waals surface area contributed by atoms with Gasteiger partial charge in [-0.2, -0.15) is 0 Å². The smallest absolute Gasteiger partial charge is 0.340 e. The van der Waals surface area contributed by atoms with E-state index in [4.69, 9.17) is 9.47 Å². The second kappa shape index (κ2) is 10.4. The van der Waals surface area contributed by atoms with E-state index in [0.29, 0.717) is 30.9 Å². The van der Waals surface area contributed by atoms with E-state index in [0.717, 1.165) is 17.5 Å². The number of aromatic nitrogens is 1. The number of hydrogen-bond donors (Lipinski definition) is 1. The number of esters is 1. The Balaban J connectivity index is 2.17. The van der Waals surface area contributed by atoms with Crippen molar-refractivity contribution < 1.29 is 24.0 Å². The fraction of sp³-hybridized carbons (Fsp3) is 0.333. The van der Waals surface area contributed by atoms with E-state index in [9.17, 15) is 19.7 Å². The van der Waals surface area contributed by atoms with Crippen molar-refractivity contribution in [3.63, 3.8) is 0 Å². The SMILES string of the molecule is C=CCn1c(C)cc(C(=O)COC(=O)c2cc([N+](=O)[O-])ccc2NCCOC)c1C. The molecule has 0 saturated heterocycles. The van der Waals surface area contributed by atoms with Crippen LogP contribution >= 0.6 is 0 Å². The molecule has 0 aliphatic heterocycles. The molecule has 0 saturated carbocycles. The predicted molar refractivity (Wildman–Crippen MR) is 112 cm³/mol. The van der Waals surface area contributed by atoms with E-state index >= 15 is 0 Å². The van der Waals surface area contributed by atoms with Gasteiger partial charge in [0.2, 0.25) is 5.78 Å². The highest BCUT2D eigenvalue weighted by atomic mass is 16.6. The lowest BCUT2D eigenvalue weighted by molar-refractivity contribution is -0.384. The fourth-order valence-electron chi connectivity index (χ4n) is 3.04. The summed E-state index contributed by atoms with van der Waals surface area (Å²) in [5.74, 6) is -1.18. The van der Waals surface area contributed by atoms with Gasteiger partial charge in [-0.05, 0) is 26.0 Å². The Morgan fingerprint density at radius 1 is 1.27 bits per heavy atom.